The van der Waals surface area contributed by atoms with Crippen LogP contribution in [0.3, 0.4) is 0 Å². The number of rotatable bonds is 0. The van der Waals surface area contributed by atoms with Gasteiger partial charge in [-0.2, -0.15) is 5.26 Å². The predicted molar refractivity (Wildman–Crippen MR) is 18.4 cm³/mol. The zero-order chi connectivity index (χ0) is 3.41. The Morgan fingerprint density at radius 2 is 2.00 bits per heavy atom. The van der Waals surface area contributed by atoms with Gasteiger partial charge in [0.25, 0.3) is 0 Å². The van der Waals surface area contributed by atoms with E-state index in [1.54, 1.807) is 0 Å². The molecule has 0 N–H and O–H groups in total. The Morgan fingerprint density at radius 3 is 2.00 bits per heavy atom. The van der Waals surface area contributed by atoms with Crippen molar-refractivity contribution in [1.82, 2.24) is 0 Å². The minimum Gasteiger partial charge on any atom is -0.269 e. The van der Waals surface area contributed by atoms with Crippen LogP contribution in [0.15, 0.2) is 0 Å². The van der Waals surface area contributed by atoms with Gasteiger partial charge in [-0.15, -0.1) is 0 Å². The molecule has 0 saturated carbocycles. The van der Waals surface area contributed by atoms with Crippen molar-refractivity contribution in [2.24, 2.45) is 0 Å². The Balaban J connectivity index is 0. The van der Waals surface area contributed by atoms with Crippen LogP contribution >= 0.6 is 0 Å². The van der Waals surface area contributed by atoms with Crippen molar-refractivity contribution in [1.29, 1.82) is 5.26 Å². The Morgan fingerprint density at radius 1 is 1.80 bits per heavy atom. The normalized spacial score (nSPS) is 4.00. The molecule has 30 valence electrons. The van der Waals surface area contributed by atoms with Crippen LogP contribution < -0.4 is 0 Å². The SMILES string of the molecule is CCC#N.F. The van der Waals surface area contributed by atoms with Crippen LogP contribution in [-0.4, -0.2) is 0 Å². The largest absolute Gasteiger partial charge is 0.269 e. The van der Waals surface area contributed by atoms with Crippen molar-refractivity contribution in [2.75, 3.05) is 0 Å². The van der Waals surface area contributed by atoms with Crippen LogP contribution in [0.25, 0.3) is 0 Å². The first-order valence-electron chi connectivity index (χ1n) is 1.28. The average Bonchev–Trinajstić information content (AvgIpc) is 1.37. The predicted octanol–water partition coefficient (Wildman–Crippen LogP) is 1.07. The quantitative estimate of drug-likeness (QED) is 0.422. The van der Waals surface area contributed by atoms with Crippen molar-refractivity contribution < 1.29 is 4.70 Å². The second kappa shape index (κ2) is 9.93. The summed E-state index contributed by atoms with van der Waals surface area (Å²) in [5, 5.41) is 7.62. The monoisotopic (exact) mass is 75.0 g/mol. The third-order valence-corrected chi connectivity index (χ3v) is 0.158. The third kappa shape index (κ3) is 39.1. The first-order valence-corrected chi connectivity index (χ1v) is 1.28. The lowest BCUT2D eigenvalue weighted by atomic mass is 10.6. The summed E-state index contributed by atoms with van der Waals surface area (Å²) in [6.07, 6.45) is 0.625. The van der Waals surface area contributed by atoms with E-state index in [1.165, 1.54) is 0 Å². The van der Waals surface area contributed by atoms with Crippen molar-refractivity contribution in [3.63, 3.8) is 0 Å². The summed E-state index contributed by atoms with van der Waals surface area (Å²) in [7, 11) is 0. The van der Waals surface area contributed by atoms with Crippen LogP contribution in [-0.2, 0) is 0 Å². The molecule has 1 nitrogen and oxygen atoms in total. The fraction of sp³-hybridized carbons (Fsp3) is 0.667. The summed E-state index contributed by atoms with van der Waals surface area (Å²) < 4.78 is 0. The fourth-order valence-electron chi connectivity index (χ4n) is 0. The number of nitrogens with zero attached hydrogens (tertiary/aromatic N) is 1. The molecule has 0 aromatic carbocycles. The van der Waals surface area contributed by atoms with E-state index in [9.17, 15) is 0 Å². The van der Waals surface area contributed by atoms with E-state index in [2.05, 4.69) is 0 Å². The maximum Gasteiger partial charge on any atom is 0.0618 e. The van der Waals surface area contributed by atoms with Gasteiger partial charge in [-0.1, -0.05) is 6.92 Å². The van der Waals surface area contributed by atoms with E-state index >= 15 is 0 Å². The molecule has 0 saturated heterocycles. The van der Waals surface area contributed by atoms with Gasteiger partial charge in [0.05, 0.1) is 6.07 Å². The molecule has 0 aromatic rings. The Bertz CT molecular complexity index is 36.6. The third-order valence-electron chi connectivity index (χ3n) is 0.158. The zero-order valence-electron chi connectivity index (χ0n) is 3.06. The molecule has 0 radical (unpaired) electrons. The Hall–Kier alpha value is -0.580. The topological polar surface area (TPSA) is 23.8 Å². The smallest absolute Gasteiger partial charge is 0.0618 e. The molecule has 0 unspecified atom stereocenters. The summed E-state index contributed by atoms with van der Waals surface area (Å²) >= 11 is 0. The highest BCUT2D eigenvalue weighted by atomic mass is 19.0. The van der Waals surface area contributed by atoms with Gasteiger partial charge in [0.1, 0.15) is 0 Å². The molecule has 0 fully saturated rings. The molecule has 5 heavy (non-hydrogen) atoms. The average molecular weight is 75.1 g/mol. The standard InChI is InChI=1S/C3H5N.FH/c1-2-3-4;/h2H2,1H3;1H. The van der Waals surface area contributed by atoms with E-state index in [-0.39, 0.29) is 4.70 Å². The molecule has 2 heteroatoms. The molecule has 0 aliphatic heterocycles. The van der Waals surface area contributed by atoms with Crippen molar-refractivity contribution in [3.8, 4) is 6.07 Å². The maximum atomic E-state index is 7.62. The van der Waals surface area contributed by atoms with Crippen LogP contribution in [0, 0.1) is 11.3 Å². The fourth-order valence-corrected chi connectivity index (χ4v) is 0. The molecular weight excluding hydrogens is 69.0 g/mol. The van der Waals surface area contributed by atoms with Gasteiger partial charge >= 0.3 is 0 Å². The molecule has 0 aliphatic rings. The number of nitriles is 1. The summed E-state index contributed by atoms with van der Waals surface area (Å²) in [6.45, 7) is 1.82. The van der Waals surface area contributed by atoms with E-state index in [4.69, 9.17) is 5.26 Å². The molecule has 0 rings (SSSR count). The lowest BCUT2D eigenvalue weighted by Crippen LogP contribution is -1.38. The van der Waals surface area contributed by atoms with Gasteiger partial charge in [0, 0.05) is 6.42 Å². The van der Waals surface area contributed by atoms with E-state index in [1.807, 2.05) is 13.0 Å². The van der Waals surface area contributed by atoms with Crippen LogP contribution in [0.5, 0.6) is 0 Å². The van der Waals surface area contributed by atoms with E-state index < -0.39 is 0 Å². The molecule has 0 aliphatic carbocycles. The van der Waals surface area contributed by atoms with Crippen molar-refractivity contribution >= 4 is 0 Å². The first kappa shape index (κ1) is 8.83. The van der Waals surface area contributed by atoms with Gasteiger partial charge in [-0.3, -0.25) is 4.70 Å². The molecule has 0 amide bonds. The molecular formula is C3H6FN. The summed E-state index contributed by atoms with van der Waals surface area (Å²) in [5.74, 6) is 0. The van der Waals surface area contributed by atoms with Crippen LogP contribution in [0.1, 0.15) is 13.3 Å². The van der Waals surface area contributed by atoms with Gasteiger partial charge in [-0.05, 0) is 0 Å². The lowest BCUT2D eigenvalue weighted by molar-refractivity contribution is 1.11. The summed E-state index contributed by atoms with van der Waals surface area (Å²) in [6, 6.07) is 1.93. The van der Waals surface area contributed by atoms with Crippen molar-refractivity contribution in [3.05, 3.63) is 0 Å². The van der Waals surface area contributed by atoms with Crippen LogP contribution in [0.4, 0.5) is 4.70 Å². The minimum absolute atomic E-state index is 0. The minimum atomic E-state index is 0. The summed E-state index contributed by atoms with van der Waals surface area (Å²) in [4.78, 5) is 0. The van der Waals surface area contributed by atoms with E-state index in [0.29, 0.717) is 6.42 Å². The second-order valence-electron chi connectivity index (χ2n) is 0.512. The highest BCUT2D eigenvalue weighted by molar-refractivity contribution is 4.61. The number of hydrogen-bond donors (Lipinski definition) is 0. The second-order valence-corrected chi connectivity index (χ2v) is 0.512. The van der Waals surface area contributed by atoms with Gasteiger partial charge in [-0.25, -0.2) is 0 Å². The lowest BCUT2D eigenvalue weighted by Gasteiger charge is -1.47. The van der Waals surface area contributed by atoms with Gasteiger partial charge in [0.15, 0.2) is 0 Å². The first-order chi connectivity index (χ1) is 1.91. The highest BCUT2D eigenvalue weighted by Gasteiger charge is 1.49. The zero-order valence-corrected chi connectivity index (χ0v) is 3.06. The van der Waals surface area contributed by atoms with Crippen molar-refractivity contribution in [2.45, 2.75) is 13.3 Å². The molecule has 0 bridgehead atoms. The molecule has 0 atom stereocenters. The molecule has 0 spiro atoms. The Kier molecular flexibility index (Phi) is 17.5. The van der Waals surface area contributed by atoms with Crippen LogP contribution in [0.2, 0.25) is 0 Å². The molecule has 0 aromatic heterocycles. The summed E-state index contributed by atoms with van der Waals surface area (Å²) in [5.41, 5.74) is 0. The van der Waals surface area contributed by atoms with Gasteiger partial charge < -0.3 is 0 Å². The highest BCUT2D eigenvalue weighted by Crippen LogP contribution is 1.58. The maximum absolute atomic E-state index is 7.62. The van der Waals surface area contributed by atoms with Gasteiger partial charge in [0.2, 0.25) is 0 Å². The van der Waals surface area contributed by atoms with E-state index in [0.717, 1.165) is 0 Å². The number of hydrogen-bond acceptors (Lipinski definition) is 1. The molecule has 0 heterocycles. The Labute approximate surface area is 30.6 Å². The number of halogens is 1.